The van der Waals surface area contributed by atoms with Crippen molar-refractivity contribution in [3.63, 3.8) is 0 Å². The van der Waals surface area contributed by atoms with E-state index < -0.39 is 0 Å². The van der Waals surface area contributed by atoms with Crippen LogP contribution in [0, 0.1) is 0 Å². The van der Waals surface area contributed by atoms with Gasteiger partial charge in [0.05, 0.1) is 0 Å². The Bertz CT molecular complexity index is 484. The van der Waals surface area contributed by atoms with E-state index in [9.17, 15) is 0 Å². The van der Waals surface area contributed by atoms with Gasteiger partial charge in [0.2, 0.25) is 0 Å². The zero-order valence-electron chi connectivity index (χ0n) is 9.93. The molecule has 0 N–H and O–H groups in total. The van der Waals surface area contributed by atoms with Crippen LogP contribution in [-0.4, -0.2) is 43.0 Å². The van der Waals surface area contributed by atoms with Crippen molar-refractivity contribution in [2.24, 2.45) is 0 Å². The van der Waals surface area contributed by atoms with Gasteiger partial charge in [0.25, 0.3) is 0 Å². The van der Waals surface area contributed by atoms with Crippen molar-refractivity contribution in [3.8, 4) is 5.75 Å². The number of halogens is 1. The molecule has 0 aliphatic rings. The van der Waals surface area contributed by atoms with Gasteiger partial charge in [-0.15, -0.1) is 0 Å². The Morgan fingerprint density at radius 1 is 1.06 bits per heavy atom. The van der Waals surface area contributed by atoms with E-state index in [0.29, 0.717) is 15.0 Å². The summed E-state index contributed by atoms with van der Waals surface area (Å²) in [5, 5.41) is 0.826. The summed E-state index contributed by atoms with van der Waals surface area (Å²) in [6.07, 6.45) is 0. The molecular weight excluding hydrogens is 426 g/mol. The fourth-order valence-electron chi connectivity index (χ4n) is 1.37. The molecule has 0 unspecified atom stereocenters. The quantitative estimate of drug-likeness (QED) is 0.649. The maximum atomic E-state index is 5.88. The SMILES string of the molecule is COc1ccc([Se]C[Te]c2ccc(Cl)cc2)cc1. The molecule has 0 saturated carbocycles. The van der Waals surface area contributed by atoms with Crippen LogP contribution in [0.15, 0.2) is 48.5 Å². The number of hydrogen-bond acceptors (Lipinski definition) is 1. The Kier molecular flexibility index (Phi) is 5.89. The number of rotatable bonds is 5. The number of benzene rings is 2. The van der Waals surface area contributed by atoms with Gasteiger partial charge in [-0.1, -0.05) is 0 Å². The Hall–Kier alpha value is -0.161. The molecule has 0 bridgehead atoms. The Balaban J connectivity index is 1.82. The summed E-state index contributed by atoms with van der Waals surface area (Å²) < 4.78 is 9.43. The van der Waals surface area contributed by atoms with Gasteiger partial charge in [-0.25, -0.2) is 0 Å². The summed E-state index contributed by atoms with van der Waals surface area (Å²) in [7, 11) is 1.70. The van der Waals surface area contributed by atoms with Crippen LogP contribution in [0.2, 0.25) is 8.39 Å². The molecule has 0 fully saturated rings. The summed E-state index contributed by atoms with van der Waals surface area (Å²) in [6, 6.07) is 16.7. The fraction of sp³-hybridized carbons (Fsp3) is 0.143. The van der Waals surface area contributed by atoms with E-state index in [4.69, 9.17) is 16.3 Å². The molecule has 18 heavy (non-hydrogen) atoms. The zero-order valence-corrected chi connectivity index (χ0v) is 14.7. The van der Waals surface area contributed by atoms with Gasteiger partial charge in [0, 0.05) is 0 Å². The van der Waals surface area contributed by atoms with Gasteiger partial charge >= 0.3 is 130 Å². The van der Waals surface area contributed by atoms with E-state index in [0.717, 1.165) is 10.8 Å². The first kappa shape index (κ1) is 14.3. The number of ether oxygens (including phenoxy) is 1. The summed E-state index contributed by atoms with van der Waals surface area (Å²) in [6.45, 7) is 0. The van der Waals surface area contributed by atoms with Crippen LogP contribution in [0.3, 0.4) is 0 Å². The van der Waals surface area contributed by atoms with Gasteiger partial charge in [0.1, 0.15) is 0 Å². The molecular formula is C14H13ClOSeTe. The molecule has 94 valence electrons. The van der Waals surface area contributed by atoms with Crippen molar-refractivity contribution >= 4 is 55.6 Å². The fourth-order valence-corrected chi connectivity index (χ4v) is 8.73. The van der Waals surface area contributed by atoms with Crippen LogP contribution in [0.5, 0.6) is 5.75 Å². The van der Waals surface area contributed by atoms with Crippen molar-refractivity contribution in [1.82, 2.24) is 0 Å². The average Bonchev–Trinajstić information content (AvgIpc) is 2.42. The molecule has 0 spiro atoms. The molecule has 0 aliphatic heterocycles. The molecule has 0 amide bonds. The average molecular weight is 439 g/mol. The molecule has 4 heteroatoms. The summed E-state index contributed by atoms with van der Waals surface area (Å²) in [5.74, 6) is 0.934. The van der Waals surface area contributed by atoms with E-state index in [-0.39, 0.29) is 20.9 Å². The van der Waals surface area contributed by atoms with E-state index >= 15 is 0 Å². The first-order valence-corrected chi connectivity index (χ1v) is 10.7. The summed E-state index contributed by atoms with van der Waals surface area (Å²) in [5.41, 5.74) is 0. The predicted molar refractivity (Wildman–Crippen MR) is 80.0 cm³/mol. The zero-order chi connectivity index (χ0) is 12.8. The van der Waals surface area contributed by atoms with Gasteiger partial charge in [-0.05, 0) is 0 Å². The van der Waals surface area contributed by atoms with Crippen LogP contribution in [0.4, 0.5) is 0 Å². The Labute approximate surface area is 129 Å². The molecule has 0 aromatic heterocycles. The van der Waals surface area contributed by atoms with Gasteiger partial charge in [0.15, 0.2) is 0 Å². The van der Waals surface area contributed by atoms with E-state index in [1.807, 2.05) is 24.3 Å². The third-order valence-corrected chi connectivity index (χ3v) is 9.56. The topological polar surface area (TPSA) is 9.23 Å². The molecule has 2 aromatic rings. The monoisotopic (exact) mass is 442 g/mol. The molecule has 0 radical (unpaired) electrons. The van der Waals surface area contributed by atoms with Crippen molar-refractivity contribution in [2.75, 3.05) is 7.11 Å². The predicted octanol–water partition coefficient (Wildman–Crippen LogP) is 2.08. The third kappa shape index (κ3) is 4.50. The Morgan fingerprint density at radius 3 is 2.33 bits per heavy atom. The maximum absolute atomic E-state index is 5.88. The number of hydrogen-bond donors (Lipinski definition) is 0. The molecule has 2 rings (SSSR count). The third-order valence-electron chi connectivity index (χ3n) is 2.32. The van der Waals surface area contributed by atoms with Crippen molar-refractivity contribution < 1.29 is 4.74 Å². The van der Waals surface area contributed by atoms with Crippen LogP contribution in [-0.2, 0) is 0 Å². The van der Waals surface area contributed by atoms with Crippen molar-refractivity contribution in [3.05, 3.63) is 53.6 Å². The van der Waals surface area contributed by atoms with Gasteiger partial charge in [-0.2, -0.15) is 0 Å². The minimum absolute atomic E-state index is 0.0674. The van der Waals surface area contributed by atoms with Crippen LogP contribution in [0.1, 0.15) is 0 Å². The van der Waals surface area contributed by atoms with Gasteiger partial charge < -0.3 is 0 Å². The second kappa shape index (κ2) is 7.43. The standard InChI is InChI=1S/C14H13ClOSeTe/c1-16-12-4-6-13(7-5-12)17-10-18-14-8-2-11(15)3-9-14/h2-9H,10H2,1H3. The molecule has 2 aromatic carbocycles. The van der Waals surface area contributed by atoms with Crippen LogP contribution in [0.25, 0.3) is 0 Å². The summed E-state index contributed by atoms with van der Waals surface area (Å²) in [4.78, 5) is 0. The van der Waals surface area contributed by atoms with Crippen molar-refractivity contribution in [1.29, 1.82) is 0 Å². The second-order valence-electron chi connectivity index (χ2n) is 3.54. The van der Waals surface area contributed by atoms with E-state index in [1.165, 1.54) is 11.4 Å². The van der Waals surface area contributed by atoms with Crippen molar-refractivity contribution in [2.45, 2.75) is 3.37 Å². The van der Waals surface area contributed by atoms with Crippen LogP contribution < -0.4 is 12.8 Å². The number of methoxy groups -OCH3 is 1. The first-order chi connectivity index (χ1) is 8.78. The first-order valence-electron chi connectivity index (χ1n) is 5.43. The van der Waals surface area contributed by atoms with Gasteiger partial charge in [-0.3, -0.25) is 0 Å². The molecule has 1 nitrogen and oxygen atoms in total. The van der Waals surface area contributed by atoms with Crippen LogP contribution >= 0.6 is 11.6 Å². The molecule has 0 saturated heterocycles. The summed E-state index contributed by atoms with van der Waals surface area (Å²) >= 11 is 6.39. The molecule has 0 atom stereocenters. The molecule has 0 heterocycles. The normalized spacial score (nSPS) is 10.3. The van der Waals surface area contributed by atoms with E-state index in [1.54, 1.807) is 7.11 Å². The van der Waals surface area contributed by atoms with E-state index in [2.05, 4.69) is 24.3 Å². The second-order valence-corrected chi connectivity index (χ2v) is 11.7. The Morgan fingerprint density at radius 2 is 1.72 bits per heavy atom. The minimum atomic E-state index is -0.0674. The molecule has 0 aliphatic carbocycles.